The maximum atomic E-state index is 4.07. The molecule has 108 valence electrons. The van der Waals surface area contributed by atoms with Gasteiger partial charge in [-0.05, 0) is 75.2 Å². The highest BCUT2D eigenvalue weighted by molar-refractivity contribution is 5.06. The lowest BCUT2D eigenvalue weighted by Crippen LogP contribution is -2.58. The molecule has 0 aliphatic heterocycles. The predicted octanol–water partition coefficient (Wildman–Crippen LogP) is 4.52. The molecule has 19 heavy (non-hydrogen) atoms. The van der Waals surface area contributed by atoms with E-state index in [4.69, 9.17) is 0 Å². The molecule has 0 atom stereocenters. The topological polar surface area (TPSA) is 12.0 Å². The second-order valence-electron chi connectivity index (χ2n) is 8.42. The average Bonchev–Trinajstić information content (AvgIpc) is 2.38. The van der Waals surface area contributed by atoms with Crippen LogP contribution in [0.2, 0.25) is 0 Å². The van der Waals surface area contributed by atoms with Crippen molar-refractivity contribution in [2.45, 2.75) is 82.6 Å². The summed E-state index contributed by atoms with van der Waals surface area (Å²) < 4.78 is 0. The van der Waals surface area contributed by atoms with Gasteiger partial charge >= 0.3 is 0 Å². The van der Waals surface area contributed by atoms with E-state index in [1.165, 1.54) is 64.3 Å². The van der Waals surface area contributed by atoms with Crippen molar-refractivity contribution in [2.75, 3.05) is 6.54 Å². The van der Waals surface area contributed by atoms with Crippen molar-refractivity contribution in [2.24, 2.45) is 23.7 Å². The van der Waals surface area contributed by atoms with Crippen molar-refractivity contribution in [3.05, 3.63) is 0 Å². The normalized spacial score (nSPS) is 45.8. The lowest BCUT2D eigenvalue weighted by molar-refractivity contribution is -0.0201. The lowest BCUT2D eigenvalue weighted by atomic mass is 9.53. The third-order valence-corrected chi connectivity index (χ3v) is 6.82. The molecule has 0 unspecified atom stereocenters. The van der Waals surface area contributed by atoms with Crippen LogP contribution < -0.4 is 5.32 Å². The van der Waals surface area contributed by atoms with Gasteiger partial charge < -0.3 is 5.32 Å². The molecule has 5 fully saturated rings. The van der Waals surface area contributed by atoms with Crippen molar-refractivity contribution in [3.8, 4) is 0 Å². The van der Waals surface area contributed by atoms with Crippen LogP contribution >= 0.6 is 0 Å². The Hall–Kier alpha value is -0.0400. The van der Waals surface area contributed by atoms with E-state index in [9.17, 15) is 0 Å². The Morgan fingerprint density at radius 3 is 1.95 bits per heavy atom. The Bertz CT molecular complexity index is 280. The third kappa shape index (κ3) is 2.60. The second kappa shape index (κ2) is 5.06. The zero-order chi connectivity index (χ0) is 12.7. The summed E-state index contributed by atoms with van der Waals surface area (Å²) in [5.41, 5.74) is 0.601. The van der Waals surface area contributed by atoms with Crippen LogP contribution in [0.3, 0.4) is 0 Å². The summed E-state index contributed by atoms with van der Waals surface area (Å²) in [7, 11) is 0. The van der Waals surface area contributed by atoms with Crippen molar-refractivity contribution in [1.29, 1.82) is 0 Å². The van der Waals surface area contributed by atoms with Gasteiger partial charge in [-0.3, -0.25) is 0 Å². The monoisotopic (exact) mass is 261 g/mol. The molecular formula is C18H31N. The smallest absolute Gasteiger partial charge is 0.0189 e. The highest BCUT2D eigenvalue weighted by Gasteiger charge is 2.50. The van der Waals surface area contributed by atoms with Gasteiger partial charge in [-0.2, -0.15) is 0 Å². The van der Waals surface area contributed by atoms with Crippen LogP contribution in [0.15, 0.2) is 0 Å². The zero-order valence-corrected chi connectivity index (χ0v) is 12.5. The van der Waals surface area contributed by atoms with Crippen molar-refractivity contribution >= 4 is 0 Å². The molecule has 0 amide bonds. The van der Waals surface area contributed by atoms with E-state index < -0.39 is 0 Å². The first-order chi connectivity index (χ1) is 9.31. The minimum absolute atomic E-state index is 0.601. The Labute approximate surface area is 118 Å². The molecule has 4 bridgehead atoms. The summed E-state index contributed by atoms with van der Waals surface area (Å²) in [4.78, 5) is 0. The van der Waals surface area contributed by atoms with Gasteiger partial charge in [0.2, 0.25) is 0 Å². The molecule has 1 nitrogen and oxygen atoms in total. The molecule has 0 aromatic carbocycles. The molecule has 5 saturated carbocycles. The zero-order valence-electron chi connectivity index (χ0n) is 12.5. The molecule has 1 N–H and O–H groups in total. The third-order valence-electron chi connectivity index (χ3n) is 6.82. The molecule has 0 heterocycles. The van der Waals surface area contributed by atoms with Gasteiger partial charge in [0.1, 0.15) is 0 Å². The summed E-state index contributed by atoms with van der Waals surface area (Å²) >= 11 is 0. The highest BCUT2D eigenvalue weighted by atomic mass is 15.0. The van der Waals surface area contributed by atoms with Gasteiger partial charge in [0.05, 0.1) is 0 Å². The molecular weight excluding hydrogens is 230 g/mol. The molecule has 1 heteroatoms. The first kappa shape index (κ1) is 12.7. The predicted molar refractivity (Wildman–Crippen MR) is 80.1 cm³/mol. The Kier molecular flexibility index (Phi) is 3.38. The van der Waals surface area contributed by atoms with E-state index in [0.717, 1.165) is 23.7 Å². The summed E-state index contributed by atoms with van der Waals surface area (Å²) in [6.45, 7) is 1.32. The molecule has 5 aliphatic carbocycles. The van der Waals surface area contributed by atoms with Gasteiger partial charge in [0, 0.05) is 5.54 Å². The minimum Gasteiger partial charge on any atom is -0.311 e. The lowest BCUT2D eigenvalue weighted by Gasteiger charge is -2.57. The molecule has 0 spiro atoms. The van der Waals surface area contributed by atoms with Gasteiger partial charge in [0.25, 0.3) is 0 Å². The van der Waals surface area contributed by atoms with E-state index in [0.29, 0.717) is 5.54 Å². The van der Waals surface area contributed by atoms with Crippen LogP contribution in [0.4, 0.5) is 0 Å². The largest absolute Gasteiger partial charge is 0.311 e. The van der Waals surface area contributed by atoms with Gasteiger partial charge in [-0.25, -0.2) is 0 Å². The standard InChI is InChI=1S/C18H31N/c1-2-4-14(5-3-1)6-7-19-18-11-15-8-16(12-18)10-17(9-15)13-18/h14-17,19H,1-13H2. The van der Waals surface area contributed by atoms with Gasteiger partial charge in [-0.15, -0.1) is 0 Å². The van der Waals surface area contributed by atoms with Gasteiger partial charge in [-0.1, -0.05) is 32.1 Å². The number of hydrogen-bond donors (Lipinski definition) is 1. The van der Waals surface area contributed by atoms with E-state index in [2.05, 4.69) is 5.32 Å². The fourth-order valence-electron chi connectivity index (χ4n) is 6.34. The van der Waals surface area contributed by atoms with E-state index in [1.54, 1.807) is 19.3 Å². The maximum Gasteiger partial charge on any atom is 0.0189 e. The molecule has 0 aromatic heterocycles. The Balaban J connectivity index is 1.30. The summed E-state index contributed by atoms with van der Waals surface area (Å²) in [6.07, 6.45) is 18.3. The van der Waals surface area contributed by atoms with Crippen LogP contribution in [-0.2, 0) is 0 Å². The van der Waals surface area contributed by atoms with Crippen LogP contribution in [0.1, 0.15) is 77.0 Å². The van der Waals surface area contributed by atoms with Crippen molar-refractivity contribution in [1.82, 2.24) is 5.32 Å². The summed E-state index contributed by atoms with van der Waals surface area (Å²) in [5.74, 6) is 4.32. The van der Waals surface area contributed by atoms with Crippen LogP contribution in [0, 0.1) is 23.7 Å². The number of nitrogens with one attached hydrogen (secondary N) is 1. The van der Waals surface area contributed by atoms with Crippen molar-refractivity contribution < 1.29 is 0 Å². The Morgan fingerprint density at radius 2 is 1.37 bits per heavy atom. The minimum atomic E-state index is 0.601. The molecule has 0 radical (unpaired) electrons. The van der Waals surface area contributed by atoms with E-state index >= 15 is 0 Å². The van der Waals surface area contributed by atoms with E-state index in [1.807, 2.05) is 0 Å². The fraction of sp³-hybridized carbons (Fsp3) is 1.00. The van der Waals surface area contributed by atoms with Gasteiger partial charge in [0.15, 0.2) is 0 Å². The first-order valence-corrected chi connectivity index (χ1v) is 9.06. The SMILES string of the molecule is C1CCC(CCNC23CC4CC(CC(C4)C2)C3)CC1. The van der Waals surface area contributed by atoms with Crippen LogP contribution in [-0.4, -0.2) is 12.1 Å². The summed E-state index contributed by atoms with van der Waals surface area (Å²) in [6, 6.07) is 0. The molecule has 5 rings (SSSR count). The average molecular weight is 261 g/mol. The van der Waals surface area contributed by atoms with Crippen molar-refractivity contribution in [3.63, 3.8) is 0 Å². The molecule has 0 saturated heterocycles. The number of rotatable bonds is 4. The summed E-state index contributed by atoms with van der Waals surface area (Å²) in [5, 5.41) is 4.07. The van der Waals surface area contributed by atoms with Crippen LogP contribution in [0.25, 0.3) is 0 Å². The maximum absolute atomic E-state index is 4.07. The van der Waals surface area contributed by atoms with Crippen LogP contribution in [0.5, 0.6) is 0 Å². The van der Waals surface area contributed by atoms with E-state index in [-0.39, 0.29) is 0 Å². The Morgan fingerprint density at radius 1 is 0.789 bits per heavy atom. The highest BCUT2D eigenvalue weighted by Crippen LogP contribution is 2.55. The number of hydrogen-bond acceptors (Lipinski definition) is 1. The first-order valence-electron chi connectivity index (χ1n) is 9.06. The fourth-order valence-corrected chi connectivity index (χ4v) is 6.34. The molecule has 5 aliphatic rings. The molecule has 0 aromatic rings. The quantitative estimate of drug-likeness (QED) is 0.785. The second-order valence-corrected chi connectivity index (χ2v) is 8.42.